The molecule has 2 aromatic rings. The Morgan fingerprint density at radius 2 is 1.13 bits per heavy atom. The largest absolute Gasteiger partial charge is 0.0906 e. The molecule has 0 bridgehead atoms. The van der Waals surface area contributed by atoms with Gasteiger partial charge in [0.2, 0.25) is 0 Å². The normalized spacial score (nSPS) is 12.5. The third-order valence-corrected chi connectivity index (χ3v) is 8.96. The van der Waals surface area contributed by atoms with Crippen LogP contribution in [0.25, 0.3) is 5.57 Å². The lowest BCUT2D eigenvalue weighted by atomic mass is 10.00. The Morgan fingerprint density at radius 1 is 0.696 bits per heavy atom. The number of rotatable bonds is 3. The van der Waals surface area contributed by atoms with E-state index >= 15 is 0 Å². The van der Waals surface area contributed by atoms with Crippen LogP contribution in [0.1, 0.15) is 52.7 Å². The molecule has 1 heteroatoms. The van der Waals surface area contributed by atoms with E-state index in [4.69, 9.17) is 0 Å². The molecule has 0 heterocycles. The summed E-state index contributed by atoms with van der Waals surface area (Å²) in [5.41, 5.74) is 3.51. The van der Waals surface area contributed by atoms with Crippen LogP contribution in [0.5, 0.6) is 0 Å². The van der Waals surface area contributed by atoms with Crippen molar-refractivity contribution in [1.82, 2.24) is 0 Å². The van der Waals surface area contributed by atoms with E-state index in [0.29, 0.717) is 10.1 Å². The zero-order valence-corrected chi connectivity index (χ0v) is 16.6. The first-order valence-electron chi connectivity index (χ1n) is 8.45. The van der Waals surface area contributed by atoms with Gasteiger partial charge in [0.25, 0.3) is 0 Å². The van der Waals surface area contributed by atoms with Gasteiger partial charge in [0.15, 0.2) is 0 Å². The maximum atomic E-state index is 4.28. The van der Waals surface area contributed by atoms with E-state index in [1.54, 1.807) is 5.19 Å². The molecule has 122 valence electrons. The molecule has 0 spiro atoms. The van der Waals surface area contributed by atoms with Crippen molar-refractivity contribution in [2.45, 2.75) is 51.6 Å². The molecule has 0 fully saturated rings. The van der Waals surface area contributed by atoms with Crippen LogP contribution >= 0.6 is 0 Å². The van der Waals surface area contributed by atoms with Gasteiger partial charge in [0, 0.05) is 0 Å². The molecule has 0 aliphatic rings. The van der Waals surface area contributed by atoms with Gasteiger partial charge in [-0.25, -0.2) is 0 Å². The summed E-state index contributed by atoms with van der Waals surface area (Å²) in [6, 6.07) is 19.6. The lowest BCUT2D eigenvalue weighted by molar-refractivity contribution is 0.653. The molecule has 2 rings (SSSR count). The highest BCUT2D eigenvalue weighted by Crippen LogP contribution is 2.41. The van der Waals surface area contributed by atoms with E-state index in [0.717, 1.165) is 5.57 Å². The fraction of sp³-hybridized carbons (Fsp3) is 0.364. The number of hydrogen-bond acceptors (Lipinski definition) is 0. The van der Waals surface area contributed by atoms with E-state index < -0.39 is 8.80 Å². The molecule has 0 aromatic heterocycles. The molecule has 0 N–H and O–H groups in total. The Balaban J connectivity index is 2.34. The second-order valence-electron chi connectivity index (χ2n) is 8.63. The van der Waals surface area contributed by atoms with Crippen LogP contribution in [-0.2, 0) is 0 Å². The predicted molar refractivity (Wildman–Crippen MR) is 107 cm³/mol. The maximum absolute atomic E-state index is 4.28. The van der Waals surface area contributed by atoms with Crippen LogP contribution in [-0.4, -0.2) is 8.80 Å². The topological polar surface area (TPSA) is 0 Å². The maximum Gasteiger partial charge on any atom is 0.0814 e. The molecule has 2 aromatic carbocycles. The Kier molecular flexibility index (Phi) is 5.00. The van der Waals surface area contributed by atoms with Gasteiger partial charge < -0.3 is 0 Å². The second kappa shape index (κ2) is 6.49. The van der Waals surface area contributed by atoms with E-state index in [1.165, 1.54) is 11.1 Å². The van der Waals surface area contributed by atoms with Crippen molar-refractivity contribution in [3.8, 4) is 0 Å². The SMILES string of the molecule is C=C(c1ccccc1)c1ccc([SiH](C(C)(C)C)C(C)(C)C)cc1. The average molecular weight is 323 g/mol. The monoisotopic (exact) mass is 322 g/mol. The van der Waals surface area contributed by atoms with E-state index in [9.17, 15) is 0 Å². The highest BCUT2D eigenvalue weighted by molar-refractivity contribution is 6.78. The zero-order chi connectivity index (χ0) is 17.3. The molecule has 0 aliphatic heterocycles. The quantitative estimate of drug-likeness (QED) is 0.628. The average Bonchev–Trinajstić information content (AvgIpc) is 2.45. The van der Waals surface area contributed by atoms with Crippen molar-refractivity contribution in [3.05, 3.63) is 72.3 Å². The summed E-state index contributed by atoms with van der Waals surface area (Å²) in [5.74, 6) is 0. The number of benzene rings is 2. The molecule has 0 atom stereocenters. The molecule has 0 saturated heterocycles. The molecular weight excluding hydrogens is 292 g/mol. The second-order valence-corrected chi connectivity index (χ2v) is 13.6. The van der Waals surface area contributed by atoms with E-state index in [2.05, 4.69) is 96.7 Å². The van der Waals surface area contributed by atoms with Crippen molar-refractivity contribution >= 4 is 19.6 Å². The molecule has 0 radical (unpaired) electrons. The van der Waals surface area contributed by atoms with Gasteiger partial charge in [-0.1, -0.05) is 108 Å². The molecule has 0 amide bonds. The van der Waals surface area contributed by atoms with E-state index in [-0.39, 0.29) is 0 Å². The van der Waals surface area contributed by atoms with Crippen LogP contribution in [0, 0.1) is 0 Å². The van der Waals surface area contributed by atoms with Crippen molar-refractivity contribution in [3.63, 3.8) is 0 Å². The minimum absolute atomic E-state index is 0.371. The van der Waals surface area contributed by atoms with Gasteiger partial charge in [0.05, 0.1) is 8.80 Å². The van der Waals surface area contributed by atoms with Gasteiger partial charge in [-0.3, -0.25) is 0 Å². The lowest BCUT2D eigenvalue weighted by Crippen LogP contribution is -2.45. The van der Waals surface area contributed by atoms with Gasteiger partial charge in [-0.15, -0.1) is 0 Å². The smallest absolute Gasteiger partial charge is 0.0814 e. The molecule has 0 nitrogen and oxygen atoms in total. The Hall–Kier alpha value is -1.60. The zero-order valence-electron chi connectivity index (χ0n) is 15.5. The van der Waals surface area contributed by atoms with Crippen LogP contribution < -0.4 is 5.19 Å². The van der Waals surface area contributed by atoms with Crippen LogP contribution in [0.3, 0.4) is 0 Å². The Morgan fingerprint density at radius 3 is 1.57 bits per heavy atom. The third-order valence-electron chi connectivity index (χ3n) is 4.45. The van der Waals surface area contributed by atoms with Gasteiger partial charge >= 0.3 is 0 Å². The van der Waals surface area contributed by atoms with Crippen molar-refractivity contribution in [1.29, 1.82) is 0 Å². The predicted octanol–water partition coefficient (Wildman–Crippen LogP) is 5.78. The fourth-order valence-corrected chi connectivity index (χ4v) is 9.16. The van der Waals surface area contributed by atoms with Gasteiger partial charge in [-0.2, -0.15) is 0 Å². The van der Waals surface area contributed by atoms with Crippen LogP contribution in [0.15, 0.2) is 61.2 Å². The first kappa shape index (κ1) is 17.7. The van der Waals surface area contributed by atoms with Crippen molar-refractivity contribution in [2.75, 3.05) is 0 Å². The minimum atomic E-state index is -1.12. The minimum Gasteiger partial charge on any atom is -0.0906 e. The fourth-order valence-electron chi connectivity index (χ4n) is 3.98. The van der Waals surface area contributed by atoms with Crippen LogP contribution in [0.2, 0.25) is 10.1 Å². The summed E-state index contributed by atoms with van der Waals surface area (Å²) in [5, 5.41) is 2.29. The molecular formula is C22H30Si. The molecule has 0 saturated carbocycles. The molecule has 0 unspecified atom stereocenters. The highest BCUT2D eigenvalue weighted by atomic mass is 28.3. The standard InChI is InChI=1S/C22H30Si/c1-17(18-11-9-8-10-12-18)19-13-15-20(16-14-19)23(21(2,3)4)22(5,6)7/h8-16,23H,1H2,2-7H3. The third kappa shape index (κ3) is 4.23. The van der Waals surface area contributed by atoms with Crippen molar-refractivity contribution < 1.29 is 0 Å². The summed E-state index contributed by atoms with van der Waals surface area (Å²) in [6.07, 6.45) is 0. The number of hydrogen-bond donors (Lipinski definition) is 0. The van der Waals surface area contributed by atoms with Gasteiger partial charge in [-0.05, 0) is 26.8 Å². The van der Waals surface area contributed by atoms with Gasteiger partial charge in [0.1, 0.15) is 0 Å². The summed E-state index contributed by atoms with van der Waals surface area (Å²) in [7, 11) is -1.12. The van der Waals surface area contributed by atoms with Crippen molar-refractivity contribution in [2.24, 2.45) is 0 Å². The van der Waals surface area contributed by atoms with Crippen LogP contribution in [0.4, 0.5) is 0 Å². The highest BCUT2D eigenvalue weighted by Gasteiger charge is 2.37. The molecule has 23 heavy (non-hydrogen) atoms. The summed E-state index contributed by atoms with van der Waals surface area (Å²) >= 11 is 0. The summed E-state index contributed by atoms with van der Waals surface area (Å²) < 4.78 is 0. The summed E-state index contributed by atoms with van der Waals surface area (Å²) in [4.78, 5) is 0. The Bertz CT molecular complexity index is 638. The first-order chi connectivity index (χ1) is 10.6. The Labute approximate surface area is 143 Å². The summed E-state index contributed by atoms with van der Waals surface area (Å²) in [6.45, 7) is 18.6. The lowest BCUT2D eigenvalue weighted by Gasteiger charge is -2.39. The van der Waals surface area contributed by atoms with E-state index in [1.807, 2.05) is 6.07 Å². The first-order valence-corrected chi connectivity index (χ1v) is 10.2. The molecule has 0 aliphatic carbocycles.